The number of carbonyl (C=O) groups is 1. The zero-order chi connectivity index (χ0) is 19.3. The van der Waals surface area contributed by atoms with Gasteiger partial charge >= 0.3 is 5.97 Å². The highest BCUT2D eigenvalue weighted by Gasteiger charge is 2.29. The van der Waals surface area contributed by atoms with Crippen molar-refractivity contribution in [3.05, 3.63) is 58.3 Å². The number of H-pyrrole nitrogens is 1. The Kier molecular flexibility index (Phi) is 4.02. The van der Waals surface area contributed by atoms with Gasteiger partial charge < -0.3 is 19.6 Å². The third-order valence-electron chi connectivity index (χ3n) is 4.91. The Balaban J connectivity index is 1.84. The van der Waals surface area contributed by atoms with Gasteiger partial charge in [-0.05, 0) is 31.5 Å². The predicted molar refractivity (Wildman–Crippen MR) is 94.6 cm³/mol. The van der Waals surface area contributed by atoms with Crippen LogP contribution in [0.2, 0.25) is 0 Å². The number of fused-ring (bicyclic) bond motifs is 2. The minimum absolute atomic E-state index is 0.0754. The molecule has 1 unspecified atom stereocenters. The number of aromatic carboxylic acids is 1. The SMILES string of the molecule is Cc1[nH]c2c(OC3CCOc4cc(F)cc(F)c43)cc(C(=O)O)cc2c1C. The van der Waals surface area contributed by atoms with Gasteiger partial charge in [0.25, 0.3) is 0 Å². The number of halogens is 2. The van der Waals surface area contributed by atoms with E-state index in [1.54, 1.807) is 6.07 Å². The van der Waals surface area contributed by atoms with E-state index < -0.39 is 23.7 Å². The van der Waals surface area contributed by atoms with E-state index in [1.807, 2.05) is 13.8 Å². The third-order valence-corrected chi connectivity index (χ3v) is 4.91. The molecule has 0 bridgehead atoms. The van der Waals surface area contributed by atoms with E-state index in [1.165, 1.54) is 6.07 Å². The summed E-state index contributed by atoms with van der Waals surface area (Å²) in [6.45, 7) is 4.01. The van der Waals surface area contributed by atoms with Gasteiger partial charge in [-0.1, -0.05) is 0 Å². The number of hydrogen-bond acceptors (Lipinski definition) is 3. The van der Waals surface area contributed by atoms with E-state index in [2.05, 4.69) is 4.98 Å². The third kappa shape index (κ3) is 2.89. The average molecular weight is 373 g/mol. The Hall–Kier alpha value is -3.09. The lowest BCUT2D eigenvalue weighted by atomic mass is 10.0. The van der Waals surface area contributed by atoms with Gasteiger partial charge in [-0.2, -0.15) is 0 Å². The van der Waals surface area contributed by atoms with Gasteiger partial charge in [-0.3, -0.25) is 0 Å². The number of nitrogens with one attached hydrogen (secondary N) is 1. The lowest BCUT2D eigenvalue weighted by Gasteiger charge is -2.27. The molecule has 2 N–H and O–H groups in total. The minimum atomic E-state index is -1.08. The molecule has 1 aliphatic heterocycles. The number of hydrogen-bond donors (Lipinski definition) is 2. The molecule has 140 valence electrons. The molecule has 3 aromatic rings. The Morgan fingerprint density at radius 3 is 2.78 bits per heavy atom. The molecule has 27 heavy (non-hydrogen) atoms. The molecule has 1 aromatic heterocycles. The summed E-state index contributed by atoms with van der Waals surface area (Å²) in [7, 11) is 0. The molecular formula is C20H17F2NO4. The van der Waals surface area contributed by atoms with Crippen LogP contribution in [-0.4, -0.2) is 22.7 Å². The molecule has 0 radical (unpaired) electrons. The number of rotatable bonds is 3. The average Bonchev–Trinajstić information content (AvgIpc) is 2.89. The minimum Gasteiger partial charge on any atom is -0.493 e. The van der Waals surface area contributed by atoms with Crippen molar-refractivity contribution < 1.29 is 28.2 Å². The summed E-state index contributed by atoms with van der Waals surface area (Å²) in [5.41, 5.74) is 2.66. The zero-order valence-corrected chi connectivity index (χ0v) is 14.7. The van der Waals surface area contributed by atoms with E-state index in [-0.39, 0.29) is 23.5 Å². The first-order valence-electron chi connectivity index (χ1n) is 8.49. The molecule has 1 aliphatic rings. The zero-order valence-electron chi connectivity index (χ0n) is 14.7. The highest BCUT2D eigenvalue weighted by atomic mass is 19.1. The molecule has 4 rings (SSSR count). The van der Waals surface area contributed by atoms with E-state index in [4.69, 9.17) is 9.47 Å². The van der Waals surface area contributed by atoms with Gasteiger partial charge in [0.1, 0.15) is 29.2 Å². The van der Waals surface area contributed by atoms with Crippen LogP contribution < -0.4 is 9.47 Å². The van der Waals surface area contributed by atoms with Crippen molar-refractivity contribution in [1.29, 1.82) is 0 Å². The molecule has 2 heterocycles. The van der Waals surface area contributed by atoms with Crippen molar-refractivity contribution in [2.24, 2.45) is 0 Å². The molecule has 0 aliphatic carbocycles. The fourth-order valence-corrected chi connectivity index (χ4v) is 3.42. The predicted octanol–water partition coefficient (Wildman–Crippen LogP) is 4.66. The molecule has 0 saturated heterocycles. The molecule has 2 aromatic carbocycles. The molecule has 0 fully saturated rings. The largest absolute Gasteiger partial charge is 0.493 e. The normalized spacial score (nSPS) is 16.1. The fraction of sp³-hybridized carbons (Fsp3) is 0.250. The summed E-state index contributed by atoms with van der Waals surface area (Å²) < 4.78 is 39.2. The summed E-state index contributed by atoms with van der Waals surface area (Å²) in [4.78, 5) is 14.7. The number of aromatic amines is 1. The second-order valence-electron chi connectivity index (χ2n) is 6.62. The van der Waals surface area contributed by atoms with Crippen molar-refractivity contribution in [3.8, 4) is 11.5 Å². The first-order valence-corrected chi connectivity index (χ1v) is 8.49. The second-order valence-corrected chi connectivity index (χ2v) is 6.62. The van der Waals surface area contributed by atoms with Gasteiger partial charge in [0, 0.05) is 29.6 Å². The Morgan fingerprint density at radius 2 is 2.04 bits per heavy atom. The molecule has 7 heteroatoms. The summed E-state index contributed by atoms with van der Waals surface area (Å²) in [5, 5.41) is 10.1. The summed E-state index contributed by atoms with van der Waals surface area (Å²) in [6, 6.07) is 4.91. The van der Waals surface area contributed by atoms with E-state index in [9.17, 15) is 18.7 Å². The van der Waals surface area contributed by atoms with Crippen LogP contribution in [0.1, 0.15) is 39.7 Å². The van der Waals surface area contributed by atoms with E-state index >= 15 is 0 Å². The summed E-state index contributed by atoms with van der Waals surface area (Å²) >= 11 is 0. The van der Waals surface area contributed by atoms with Crippen LogP contribution in [0.4, 0.5) is 8.78 Å². The van der Waals surface area contributed by atoms with Crippen molar-refractivity contribution in [2.45, 2.75) is 26.4 Å². The molecule has 1 atom stereocenters. The number of aryl methyl sites for hydroxylation is 2. The summed E-state index contributed by atoms with van der Waals surface area (Å²) in [5.74, 6) is -2.14. The van der Waals surface area contributed by atoms with Gasteiger partial charge in [-0.15, -0.1) is 0 Å². The fourth-order valence-electron chi connectivity index (χ4n) is 3.42. The highest BCUT2D eigenvalue weighted by molar-refractivity contribution is 5.98. The first kappa shape index (κ1) is 17.3. The number of carboxylic acid groups (broad SMARTS) is 1. The molecule has 0 spiro atoms. The van der Waals surface area contributed by atoms with Crippen LogP contribution in [0.3, 0.4) is 0 Å². The second kappa shape index (κ2) is 6.26. The number of ether oxygens (including phenoxy) is 2. The van der Waals surface area contributed by atoms with E-state index in [0.717, 1.165) is 28.8 Å². The molecule has 5 nitrogen and oxygen atoms in total. The lowest BCUT2D eigenvalue weighted by Crippen LogP contribution is -2.20. The smallest absolute Gasteiger partial charge is 0.335 e. The van der Waals surface area contributed by atoms with Crippen molar-refractivity contribution in [1.82, 2.24) is 4.98 Å². The topological polar surface area (TPSA) is 71.5 Å². The molecule has 0 amide bonds. The molecule has 0 saturated carbocycles. The number of aromatic nitrogens is 1. The van der Waals surface area contributed by atoms with Crippen LogP contribution >= 0.6 is 0 Å². The first-order chi connectivity index (χ1) is 12.8. The van der Waals surface area contributed by atoms with Crippen LogP contribution in [-0.2, 0) is 0 Å². The maximum absolute atomic E-state index is 14.4. The van der Waals surface area contributed by atoms with Crippen LogP contribution in [0.5, 0.6) is 11.5 Å². The van der Waals surface area contributed by atoms with Crippen molar-refractivity contribution in [2.75, 3.05) is 6.61 Å². The monoisotopic (exact) mass is 373 g/mol. The maximum Gasteiger partial charge on any atom is 0.335 e. The lowest BCUT2D eigenvalue weighted by molar-refractivity contribution is 0.0695. The van der Waals surface area contributed by atoms with Crippen LogP contribution in [0.25, 0.3) is 10.9 Å². The highest BCUT2D eigenvalue weighted by Crippen LogP contribution is 2.40. The van der Waals surface area contributed by atoms with E-state index in [0.29, 0.717) is 17.7 Å². The quantitative estimate of drug-likeness (QED) is 0.700. The Labute approximate surface area is 153 Å². The van der Waals surface area contributed by atoms with Gasteiger partial charge in [0.2, 0.25) is 0 Å². The van der Waals surface area contributed by atoms with Gasteiger partial charge in [0.05, 0.1) is 23.3 Å². The van der Waals surface area contributed by atoms with Crippen LogP contribution in [0, 0.1) is 25.5 Å². The Morgan fingerprint density at radius 1 is 1.26 bits per heavy atom. The molecular weight excluding hydrogens is 356 g/mol. The van der Waals surface area contributed by atoms with Crippen LogP contribution in [0.15, 0.2) is 24.3 Å². The van der Waals surface area contributed by atoms with Gasteiger partial charge in [-0.25, -0.2) is 13.6 Å². The maximum atomic E-state index is 14.4. The summed E-state index contributed by atoms with van der Waals surface area (Å²) in [6.07, 6.45) is -0.363. The standard InChI is InChI=1S/C20H17F2NO4/c1-9-10(2)23-19-13(9)5-11(20(24)25)6-17(19)27-15-3-4-26-16-8-12(21)7-14(22)18(15)16/h5-8,15,23H,3-4H2,1-2H3,(H,24,25). The van der Waals surface area contributed by atoms with Crippen molar-refractivity contribution in [3.63, 3.8) is 0 Å². The van der Waals surface area contributed by atoms with Crippen molar-refractivity contribution >= 4 is 16.9 Å². The number of benzene rings is 2. The van der Waals surface area contributed by atoms with Gasteiger partial charge in [0.15, 0.2) is 0 Å². The number of carboxylic acids is 1. The Bertz CT molecular complexity index is 1070.